The minimum Gasteiger partial charge on any atom is -0.355 e. The second kappa shape index (κ2) is 8.34. The fraction of sp³-hybridized carbons (Fsp3) is 0.400. The van der Waals surface area contributed by atoms with Crippen molar-refractivity contribution >= 4 is 11.7 Å². The van der Waals surface area contributed by atoms with Crippen LogP contribution in [0.2, 0.25) is 0 Å². The lowest BCUT2D eigenvalue weighted by atomic mass is 9.97. The van der Waals surface area contributed by atoms with Crippen LogP contribution in [0.15, 0.2) is 37.1 Å². The molecule has 0 bridgehead atoms. The van der Waals surface area contributed by atoms with E-state index in [4.69, 9.17) is 0 Å². The Labute approximate surface area is 169 Å². The lowest BCUT2D eigenvalue weighted by Crippen LogP contribution is -2.41. The van der Waals surface area contributed by atoms with Gasteiger partial charge >= 0.3 is 0 Å². The number of amides is 1. The van der Waals surface area contributed by atoms with Crippen molar-refractivity contribution in [1.29, 1.82) is 0 Å². The zero-order valence-corrected chi connectivity index (χ0v) is 16.6. The quantitative estimate of drug-likeness (QED) is 0.705. The highest BCUT2D eigenvalue weighted by molar-refractivity contribution is 5.92. The minimum absolute atomic E-state index is 0.177. The molecule has 0 radical (unpaired) electrons. The lowest BCUT2D eigenvalue weighted by Gasteiger charge is -2.34. The maximum Gasteiger partial charge on any atom is 0.269 e. The molecule has 1 saturated heterocycles. The third-order valence-corrected chi connectivity index (χ3v) is 5.07. The summed E-state index contributed by atoms with van der Waals surface area (Å²) in [6, 6.07) is 5.32. The summed E-state index contributed by atoms with van der Waals surface area (Å²) in [4.78, 5) is 28.4. The molecule has 9 heteroatoms. The fourth-order valence-corrected chi connectivity index (χ4v) is 3.59. The molecule has 3 aromatic heterocycles. The summed E-state index contributed by atoms with van der Waals surface area (Å²) in [5.41, 5.74) is 2.24. The van der Waals surface area contributed by atoms with E-state index >= 15 is 0 Å². The molecule has 1 unspecified atom stereocenters. The number of anilines is 1. The van der Waals surface area contributed by atoms with E-state index in [1.165, 1.54) is 0 Å². The molecule has 1 N–H and O–H groups in total. The number of hydrogen-bond acceptors (Lipinski definition) is 7. The van der Waals surface area contributed by atoms with Crippen molar-refractivity contribution in [2.75, 3.05) is 24.5 Å². The number of rotatable bonds is 5. The summed E-state index contributed by atoms with van der Waals surface area (Å²) in [5, 5.41) is 10.6. The minimum atomic E-state index is -0.177. The highest BCUT2D eigenvalue weighted by Gasteiger charge is 2.23. The maximum atomic E-state index is 12.6. The highest BCUT2D eigenvalue weighted by atomic mass is 16.1. The number of nitrogens with zero attached hydrogens (tertiary/aromatic N) is 7. The first-order valence-corrected chi connectivity index (χ1v) is 9.75. The second-order valence-corrected chi connectivity index (χ2v) is 7.33. The summed E-state index contributed by atoms with van der Waals surface area (Å²) in [6.45, 7) is 6.37. The Bertz CT molecular complexity index is 988. The largest absolute Gasteiger partial charge is 0.355 e. The predicted octanol–water partition coefficient (Wildman–Crippen LogP) is 1.72. The van der Waals surface area contributed by atoms with Gasteiger partial charge < -0.3 is 10.2 Å². The number of aromatic nitrogens is 6. The van der Waals surface area contributed by atoms with Crippen LogP contribution in [0.1, 0.15) is 34.7 Å². The molecule has 1 atom stereocenters. The first-order valence-electron chi connectivity index (χ1n) is 9.75. The van der Waals surface area contributed by atoms with Crippen LogP contribution in [0.4, 0.5) is 5.82 Å². The van der Waals surface area contributed by atoms with E-state index in [0.717, 1.165) is 43.1 Å². The molecule has 0 aliphatic carbocycles. The smallest absolute Gasteiger partial charge is 0.269 e. The van der Waals surface area contributed by atoms with Gasteiger partial charge in [-0.3, -0.25) is 14.3 Å². The fourth-order valence-electron chi connectivity index (χ4n) is 3.59. The van der Waals surface area contributed by atoms with Crippen LogP contribution in [0.25, 0.3) is 5.82 Å². The van der Waals surface area contributed by atoms with Gasteiger partial charge in [0.15, 0.2) is 0 Å². The normalized spacial score (nSPS) is 16.6. The van der Waals surface area contributed by atoms with Gasteiger partial charge in [0.05, 0.1) is 11.4 Å². The van der Waals surface area contributed by atoms with Gasteiger partial charge in [-0.25, -0.2) is 9.97 Å². The van der Waals surface area contributed by atoms with Crippen LogP contribution < -0.4 is 10.2 Å². The Morgan fingerprint density at radius 2 is 2.03 bits per heavy atom. The van der Waals surface area contributed by atoms with E-state index in [1.54, 1.807) is 35.6 Å². The zero-order valence-electron chi connectivity index (χ0n) is 16.6. The number of hydrogen-bond donors (Lipinski definition) is 1. The number of carbonyl (C=O) groups excluding carboxylic acids is 1. The molecule has 0 spiro atoms. The van der Waals surface area contributed by atoms with E-state index in [9.17, 15) is 4.79 Å². The number of carbonyl (C=O) groups is 1. The SMILES string of the molecule is Cc1cnc(C)c(N2CCCC(CNC(=O)c3cccc(-n4cnnc4)n3)C2)n1. The van der Waals surface area contributed by atoms with Crippen LogP contribution in [0.5, 0.6) is 0 Å². The van der Waals surface area contributed by atoms with Crippen molar-refractivity contribution < 1.29 is 4.79 Å². The summed E-state index contributed by atoms with van der Waals surface area (Å²) >= 11 is 0. The Balaban J connectivity index is 1.38. The predicted molar refractivity (Wildman–Crippen MR) is 108 cm³/mol. The van der Waals surface area contributed by atoms with E-state index in [1.807, 2.05) is 19.9 Å². The molecule has 1 fully saturated rings. The molecule has 29 heavy (non-hydrogen) atoms. The molecule has 1 aliphatic rings. The Hall–Kier alpha value is -3.36. The van der Waals surface area contributed by atoms with Gasteiger partial charge in [0.25, 0.3) is 5.91 Å². The molecule has 0 saturated carbocycles. The summed E-state index contributed by atoms with van der Waals surface area (Å²) in [7, 11) is 0. The van der Waals surface area contributed by atoms with Crippen LogP contribution in [0, 0.1) is 19.8 Å². The molecule has 9 nitrogen and oxygen atoms in total. The molecule has 3 aromatic rings. The first kappa shape index (κ1) is 19.0. The van der Waals surface area contributed by atoms with Gasteiger partial charge in [-0.15, -0.1) is 10.2 Å². The van der Waals surface area contributed by atoms with Gasteiger partial charge in [0, 0.05) is 25.8 Å². The topological polar surface area (TPSA) is 102 Å². The van der Waals surface area contributed by atoms with Gasteiger partial charge in [-0.1, -0.05) is 6.07 Å². The number of aryl methyl sites for hydroxylation is 2. The van der Waals surface area contributed by atoms with E-state index in [2.05, 4.69) is 35.4 Å². The van der Waals surface area contributed by atoms with Crippen molar-refractivity contribution in [3.05, 3.63) is 54.1 Å². The molecule has 4 heterocycles. The second-order valence-electron chi connectivity index (χ2n) is 7.33. The number of piperidine rings is 1. The summed E-state index contributed by atoms with van der Waals surface area (Å²) < 4.78 is 1.67. The summed E-state index contributed by atoms with van der Waals surface area (Å²) in [5.74, 6) is 1.74. The Morgan fingerprint density at radius 1 is 1.21 bits per heavy atom. The van der Waals surface area contributed by atoms with E-state index < -0.39 is 0 Å². The Morgan fingerprint density at radius 3 is 2.86 bits per heavy atom. The molecule has 1 amide bonds. The number of nitrogens with one attached hydrogen (secondary N) is 1. The standard InChI is InChI=1S/C20H24N8O/c1-14-9-21-15(2)19(25-14)27-8-4-5-16(11-27)10-22-20(29)17-6-3-7-18(26-17)28-12-23-24-13-28/h3,6-7,9,12-13,16H,4-5,8,10-11H2,1-2H3,(H,22,29). The van der Waals surface area contributed by atoms with Crippen molar-refractivity contribution in [3.8, 4) is 5.82 Å². The monoisotopic (exact) mass is 392 g/mol. The molecule has 4 rings (SSSR count). The van der Waals surface area contributed by atoms with Crippen molar-refractivity contribution in [2.45, 2.75) is 26.7 Å². The molecular weight excluding hydrogens is 368 g/mol. The molecular formula is C20H24N8O. The van der Waals surface area contributed by atoms with Gasteiger partial charge in [-0.05, 0) is 44.7 Å². The van der Waals surface area contributed by atoms with Gasteiger partial charge in [0.1, 0.15) is 30.0 Å². The van der Waals surface area contributed by atoms with Crippen molar-refractivity contribution in [2.24, 2.45) is 5.92 Å². The van der Waals surface area contributed by atoms with Crippen molar-refractivity contribution in [3.63, 3.8) is 0 Å². The average molecular weight is 392 g/mol. The van der Waals surface area contributed by atoms with Gasteiger partial charge in [-0.2, -0.15) is 0 Å². The van der Waals surface area contributed by atoms with Crippen LogP contribution in [-0.2, 0) is 0 Å². The number of pyridine rings is 1. The lowest BCUT2D eigenvalue weighted by molar-refractivity contribution is 0.0940. The van der Waals surface area contributed by atoms with Crippen molar-refractivity contribution in [1.82, 2.24) is 35.0 Å². The van der Waals surface area contributed by atoms with Crippen LogP contribution in [0.3, 0.4) is 0 Å². The maximum absolute atomic E-state index is 12.6. The highest BCUT2D eigenvalue weighted by Crippen LogP contribution is 2.23. The van der Waals surface area contributed by atoms with Crippen LogP contribution >= 0.6 is 0 Å². The third kappa shape index (κ3) is 4.39. The van der Waals surface area contributed by atoms with Gasteiger partial charge in [0.2, 0.25) is 0 Å². The average Bonchev–Trinajstić information content (AvgIpc) is 3.29. The third-order valence-electron chi connectivity index (χ3n) is 5.07. The summed E-state index contributed by atoms with van der Waals surface area (Å²) in [6.07, 6.45) is 7.04. The van der Waals surface area contributed by atoms with E-state index in [-0.39, 0.29) is 5.91 Å². The first-order chi connectivity index (χ1) is 14.1. The zero-order chi connectivity index (χ0) is 20.2. The molecule has 0 aromatic carbocycles. The Kier molecular flexibility index (Phi) is 5.46. The van der Waals surface area contributed by atoms with E-state index in [0.29, 0.717) is 24.0 Å². The molecule has 150 valence electrons. The molecule has 1 aliphatic heterocycles. The van der Waals surface area contributed by atoms with Crippen LogP contribution in [-0.4, -0.2) is 55.3 Å².